The van der Waals surface area contributed by atoms with Crippen molar-refractivity contribution >= 4 is 23.1 Å². The van der Waals surface area contributed by atoms with Gasteiger partial charge in [-0.1, -0.05) is 0 Å². The van der Waals surface area contributed by atoms with Crippen LogP contribution < -0.4 is 9.64 Å². The number of pyridine rings is 1. The molecule has 2 aromatic rings. The van der Waals surface area contributed by atoms with Crippen molar-refractivity contribution < 1.29 is 9.13 Å². The van der Waals surface area contributed by atoms with Gasteiger partial charge in [-0.15, -0.1) is 11.6 Å². The maximum absolute atomic E-state index is 13.1. The molecule has 0 spiro atoms. The monoisotopic (exact) mass is 280 g/mol. The summed E-state index contributed by atoms with van der Waals surface area (Å²) in [6.45, 7) is 0. The molecule has 100 valence electrons. The number of anilines is 2. The Balaban J connectivity index is 2.34. The van der Waals surface area contributed by atoms with E-state index in [9.17, 15) is 4.39 Å². The van der Waals surface area contributed by atoms with Gasteiger partial charge in [0.2, 0.25) is 0 Å². The van der Waals surface area contributed by atoms with Crippen LogP contribution in [0.25, 0.3) is 0 Å². The predicted molar refractivity (Wildman–Crippen MR) is 74.8 cm³/mol. The van der Waals surface area contributed by atoms with Crippen LogP contribution in [0.1, 0.15) is 5.56 Å². The number of hydrogen-bond donors (Lipinski definition) is 0. The van der Waals surface area contributed by atoms with Gasteiger partial charge in [-0.25, -0.2) is 9.37 Å². The van der Waals surface area contributed by atoms with E-state index < -0.39 is 0 Å². The number of benzene rings is 1. The molecule has 0 radical (unpaired) electrons. The van der Waals surface area contributed by atoms with Crippen LogP contribution in [-0.2, 0) is 5.88 Å². The Morgan fingerprint density at radius 1 is 1.32 bits per heavy atom. The summed E-state index contributed by atoms with van der Waals surface area (Å²) in [5.41, 5.74) is 1.58. The van der Waals surface area contributed by atoms with E-state index in [0.717, 1.165) is 11.4 Å². The largest absolute Gasteiger partial charge is 0.497 e. The fourth-order valence-corrected chi connectivity index (χ4v) is 2.00. The van der Waals surface area contributed by atoms with Crippen LogP contribution in [0.5, 0.6) is 5.75 Å². The molecule has 1 aromatic carbocycles. The first kappa shape index (κ1) is 13.6. The van der Waals surface area contributed by atoms with Crippen molar-refractivity contribution in [3.8, 4) is 5.75 Å². The molecule has 0 bridgehead atoms. The van der Waals surface area contributed by atoms with E-state index in [0.29, 0.717) is 11.4 Å². The Kier molecular flexibility index (Phi) is 4.22. The molecule has 0 aliphatic heterocycles. The minimum atomic E-state index is -0.387. The molecule has 0 aliphatic carbocycles. The standard InChI is InChI=1S/C14H14ClFN2O/c1-18(12-3-5-13(19-2)6-4-12)14-10(8-15)7-11(16)9-17-14/h3-7,9H,8H2,1-2H3. The Labute approximate surface area is 116 Å². The molecule has 0 amide bonds. The first-order chi connectivity index (χ1) is 9.15. The molecule has 5 heteroatoms. The number of aromatic nitrogens is 1. The van der Waals surface area contributed by atoms with E-state index in [1.54, 1.807) is 7.11 Å². The summed E-state index contributed by atoms with van der Waals surface area (Å²) in [6, 6.07) is 8.92. The maximum atomic E-state index is 13.1. The summed E-state index contributed by atoms with van der Waals surface area (Å²) in [6.07, 6.45) is 1.19. The summed E-state index contributed by atoms with van der Waals surface area (Å²) in [7, 11) is 3.48. The molecular weight excluding hydrogens is 267 g/mol. The minimum absolute atomic E-state index is 0.209. The highest BCUT2D eigenvalue weighted by Gasteiger charge is 2.11. The maximum Gasteiger partial charge on any atom is 0.141 e. The van der Waals surface area contributed by atoms with E-state index in [2.05, 4.69) is 4.98 Å². The van der Waals surface area contributed by atoms with Crippen molar-refractivity contribution in [2.45, 2.75) is 5.88 Å². The van der Waals surface area contributed by atoms with Gasteiger partial charge in [0.25, 0.3) is 0 Å². The normalized spacial score (nSPS) is 10.3. The van der Waals surface area contributed by atoms with E-state index in [1.165, 1.54) is 12.3 Å². The third-order valence-corrected chi connectivity index (χ3v) is 3.12. The zero-order chi connectivity index (χ0) is 13.8. The highest BCUT2D eigenvalue weighted by molar-refractivity contribution is 6.17. The molecule has 0 unspecified atom stereocenters. The summed E-state index contributed by atoms with van der Waals surface area (Å²) in [4.78, 5) is 5.96. The first-order valence-corrected chi connectivity index (χ1v) is 6.27. The highest BCUT2D eigenvalue weighted by Crippen LogP contribution is 2.27. The SMILES string of the molecule is COc1ccc(N(C)c2ncc(F)cc2CCl)cc1. The van der Waals surface area contributed by atoms with Crippen molar-refractivity contribution in [3.05, 3.63) is 47.9 Å². The smallest absolute Gasteiger partial charge is 0.141 e. The molecule has 2 rings (SSSR count). The predicted octanol–water partition coefficient (Wildman–Crippen LogP) is 3.74. The number of nitrogens with zero attached hydrogens (tertiary/aromatic N) is 2. The van der Waals surface area contributed by atoms with Crippen LogP contribution in [0.15, 0.2) is 36.5 Å². The van der Waals surface area contributed by atoms with Crippen LogP contribution in [0, 0.1) is 5.82 Å². The fourth-order valence-electron chi connectivity index (χ4n) is 1.80. The number of methoxy groups -OCH3 is 1. The summed E-state index contributed by atoms with van der Waals surface area (Å²) in [5.74, 6) is 1.24. The number of halogens is 2. The van der Waals surface area contributed by atoms with Gasteiger partial charge in [0.1, 0.15) is 17.4 Å². The van der Waals surface area contributed by atoms with E-state index in [4.69, 9.17) is 16.3 Å². The van der Waals surface area contributed by atoms with Gasteiger partial charge in [-0.05, 0) is 30.3 Å². The van der Waals surface area contributed by atoms with Gasteiger partial charge in [-0.2, -0.15) is 0 Å². The highest BCUT2D eigenvalue weighted by atomic mass is 35.5. The van der Waals surface area contributed by atoms with Crippen LogP contribution >= 0.6 is 11.6 Å². The first-order valence-electron chi connectivity index (χ1n) is 5.74. The Hall–Kier alpha value is -1.81. The molecule has 0 aliphatic rings. The molecule has 3 nitrogen and oxygen atoms in total. The minimum Gasteiger partial charge on any atom is -0.497 e. The van der Waals surface area contributed by atoms with Gasteiger partial charge < -0.3 is 9.64 Å². The lowest BCUT2D eigenvalue weighted by Gasteiger charge is -2.20. The van der Waals surface area contributed by atoms with Crippen LogP contribution in [-0.4, -0.2) is 19.1 Å². The zero-order valence-corrected chi connectivity index (χ0v) is 11.5. The van der Waals surface area contributed by atoms with Gasteiger partial charge in [0.05, 0.1) is 19.2 Å². The number of rotatable bonds is 4. The number of hydrogen-bond acceptors (Lipinski definition) is 3. The molecule has 0 saturated heterocycles. The molecular formula is C14H14ClFN2O. The van der Waals surface area contributed by atoms with Crippen molar-refractivity contribution in [3.63, 3.8) is 0 Å². The fraction of sp³-hybridized carbons (Fsp3) is 0.214. The summed E-state index contributed by atoms with van der Waals surface area (Å²) in [5, 5.41) is 0. The van der Waals surface area contributed by atoms with Crippen molar-refractivity contribution in [2.75, 3.05) is 19.1 Å². The lowest BCUT2D eigenvalue weighted by Crippen LogP contribution is -2.13. The molecule has 0 atom stereocenters. The topological polar surface area (TPSA) is 25.4 Å². The Bertz CT molecular complexity index is 560. The van der Waals surface area contributed by atoms with E-state index >= 15 is 0 Å². The molecule has 0 N–H and O–H groups in total. The van der Waals surface area contributed by atoms with Crippen LogP contribution in [0.2, 0.25) is 0 Å². The quantitative estimate of drug-likeness (QED) is 0.798. The second-order valence-corrected chi connectivity index (χ2v) is 4.29. The average molecular weight is 281 g/mol. The third kappa shape index (κ3) is 2.96. The second-order valence-electron chi connectivity index (χ2n) is 4.03. The van der Waals surface area contributed by atoms with Crippen molar-refractivity contribution in [2.24, 2.45) is 0 Å². The van der Waals surface area contributed by atoms with Crippen molar-refractivity contribution in [1.29, 1.82) is 0 Å². The third-order valence-electron chi connectivity index (χ3n) is 2.83. The van der Waals surface area contributed by atoms with Gasteiger partial charge in [0.15, 0.2) is 0 Å². The van der Waals surface area contributed by atoms with Gasteiger partial charge in [0, 0.05) is 18.3 Å². The number of alkyl halides is 1. The molecule has 1 aromatic heterocycles. The van der Waals surface area contributed by atoms with E-state index in [-0.39, 0.29) is 11.7 Å². The summed E-state index contributed by atoms with van der Waals surface area (Å²) >= 11 is 5.83. The lowest BCUT2D eigenvalue weighted by molar-refractivity contribution is 0.415. The van der Waals surface area contributed by atoms with Gasteiger partial charge >= 0.3 is 0 Å². The lowest BCUT2D eigenvalue weighted by atomic mass is 10.2. The molecule has 19 heavy (non-hydrogen) atoms. The molecule has 0 saturated carbocycles. The summed E-state index contributed by atoms with van der Waals surface area (Å²) < 4.78 is 18.3. The number of ether oxygens (including phenoxy) is 1. The zero-order valence-electron chi connectivity index (χ0n) is 10.7. The van der Waals surface area contributed by atoms with Gasteiger partial charge in [-0.3, -0.25) is 0 Å². The van der Waals surface area contributed by atoms with Crippen LogP contribution in [0.3, 0.4) is 0 Å². The van der Waals surface area contributed by atoms with E-state index in [1.807, 2.05) is 36.2 Å². The molecule has 0 fully saturated rings. The second kappa shape index (κ2) is 5.89. The average Bonchev–Trinajstić information content (AvgIpc) is 2.46. The Morgan fingerprint density at radius 2 is 2.00 bits per heavy atom. The van der Waals surface area contributed by atoms with Crippen LogP contribution in [0.4, 0.5) is 15.9 Å². The molecule has 1 heterocycles. The Morgan fingerprint density at radius 3 is 2.58 bits per heavy atom. The van der Waals surface area contributed by atoms with Crippen molar-refractivity contribution in [1.82, 2.24) is 4.98 Å².